The maximum atomic E-state index is 11.9. The first-order chi connectivity index (χ1) is 11.1. The zero-order chi connectivity index (χ0) is 16.7. The lowest BCUT2D eigenvalue weighted by atomic mass is 10.2. The number of carboxylic acid groups (broad SMARTS) is 1. The third kappa shape index (κ3) is 5.05. The Balaban J connectivity index is 1.74. The highest BCUT2D eigenvalue weighted by Gasteiger charge is 2.16. The van der Waals surface area contributed by atoms with Crippen molar-refractivity contribution in [1.82, 2.24) is 15.2 Å². The number of nitrogens with one attached hydrogen (secondary N) is 1. The van der Waals surface area contributed by atoms with Crippen LogP contribution in [-0.4, -0.2) is 52.4 Å². The Hall–Kier alpha value is -2.44. The zero-order valence-electron chi connectivity index (χ0n) is 13.0. The second kappa shape index (κ2) is 8.26. The van der Waals surface area contributed by atoms with E-state index >= 15 is 0 Å². The highest BCUT2D eigenvalue weighted by molar-refractivity contribution is 5.94. The summed E-state index contributed by atoms with van der Waals surface area (Å²) in [5.41, 5.74) is 0.224. The number of nitrogens with zero attached hydrogens (tertiary/aromatic N) is 2. The van der Waals surface area contributed by atoms with E-state index in [2.05, 4.69) is 10.3 Å². The first-order valence-corrected chi connectivity index (χ1v) is 7.83. The molecule has 0 unspecified atom stereocenters. The van der Waals surface area contributed by atoms with E-state index in [4.69, 9.17) is 5.11 Å². The molecule has 1 aliphatic rings. The van der Waals surface area contributed by atoms with E-state index in [0.717, 1.165) is 25.8 Å². The third-order valence-electron chi connectivity index (χ3n) is 3.81. The fourth-order valence-corrected chi connectivity index (χ4v) is 2.50. The number of carbonyl (C=O) groups is 3. The number of carboxylic acids is 1. The number of aromatic nitrogens is 1. The van der Waals surface area contributed by atoms with Gasteiger partial charge in [0.15, 0.2) is 0 Å². The maximum Gasteiger partial charge on any atom is 0.354 e. The van der Waals surface area contributed by atoms with Gasteiger partial charge in [0.1, 0.15) is 5.69 Å². The van der Waals surface area contributed by atoms with Crippen molar-refractivity contribution >= 4 is 17.8 Å². The summed E-state index contributed by atoms with van der Waals surface area (Å²) in [5.74, 6) is -1.22. The molecule has 1 saturated heterocycles. The number of hydrogen-bond acceptors (Lipinski definition) is 4. The van der Waals surface area contributed by atoms with Gasteiger partial charge >= 0.3 is 5.97 Å². The van der Waals surface area contributed by atoms with Gasteiger partial charge in [-0.15, -0.1) is 0 Å². The summed E-state index contributed by atoms with van der Waals surface area (Å²) >= 11 is 0. The number of carbonyl (C=O) groups excluding carboxylic acids is 2. The van der Waals surface area contributed by atoms with Crippen LogP contribution in [0, 0.1) is 0 Å². The van der Waals surface area contributed by atoms with Crippen molar-refractivity contribution in [3.05, 3.63) is 29.6 Å². The van der Waals surface area contributed by atoms with Gasteiger partial charge in [0, 0.05) is 32.3 Å². The molecule has 1 aromatic heterocycles. The van der Waals surface area contributed by atoms with Crippen LogP contribution in [0.15, 0.2) is 18.3 Å². The second-order valence-electron chi connectivity index (χ2n) is 5.54. The number of amides is 2. The van der Waals surface area contributed by atoms with Gasteiger partial charge in [0.25, 0.3) is 5.91 Å². The minimum Gasteiger partial charge on any atom is -0.477 e. The third-order valence-corrected chi connectivity index (χ3v) is 3.81. The molecule has 1 fully saturated rings. The highest BCUT2D eigenvalue weighted by Crippen LogP contribution is 2.11. The van der Waals surface area contributed by atoms with Gasteiger partial charge in [-0.1, -0.05) is 6.42 Å². The zero-order valence-corrected chi connectivity index (χ0v) is 13.0. The fraction of sp³-hybridized carbons (Fsp3) is 0.500. The fourth-order valence-electron chi connectivity index (χ4n) is 2.50. The molecule has 23 heavy (non-hydrogen) atoms. The molecule has 2 heterocycles. The summed E-state index contributed by atoms with van der Waals surface area (Å²) in [7, 11) is 0. The first kappa shape index (κ1) is 16.9. The van der Waals surface area contributed by atoms with Crippen LogP contribution in [0.5, 0.6) is 0 Å². The number of aromatic carboxylic acids is 1. The molecular weight excluding hydrogens is 298 g/mol. The number of likely N-dealkylation sites (tertiary alicyclic amines) is 1. The van der Waals surface area contributed by atoms with E-state index in [1.807, 2.05) is 4.90 Å². The Morgan fingerprint density at radius 3 is 2.78 bits per heavy atom. The Kier molecular flexibility index (Phi) is 6.08. The number of pyridine rings is 1. The molecule has 7 heteroatoms. The Labute approximate surface area is 134 Å². The average Bonchev–Trinajstić information content (AvgIpc) is 2.76. The van der Waals surface area contributed by atoms with E-state index in [-0.39, 0.29) is 17.5 Å². The van der Waals surface area contributed by atoms with Crippen LogP contribution in [0.3, 0.4) is 0 Å². The van der Waals surface area contributed by atoms with E-state index < -0.39 is 5.97 Å². The molecule has 7 nitrogen and oxygen atoms in total. The molecule has 0 bridgehead atoms. The molecule has 1 aromatic rings. The van der Waals surface area contributed by atoms with Crippen LogP contribution in [-0.2, 0) is 4.79 Å². The van der Waals surface area contributed by atoms with Gasteiger partial charge in [-0.05, 0) is 31.4 Å². The minimum absolute atomic E-state index is 0.0961. The van der Waals surface area contributed by atoms with Crippen LogP contribution < -0.4 is 5.32 Å². The van der Waals surface area contributed by atoms with Gasteiger partial charge in [-0.3, -0.25) is 9.59 Å². The monoisotopic (exact) mass is 319 g/mol. The maximum absolute atomic E-state index is 11.9. The smallest absolute Gasteiger partial charge is 0.354 e. The lowest BCUT2D eigenvalue weighted by molar-refractivity contribution is -0.130. The molecule has 0 spiro atoms. The standard InChI is InChI=1S/C16H21N3O4/c20-14-5-2-1-3-9-19(14)10-4-8-17-15(21)12-6-7-13(16(22)23)18-11-12/h6-7,11H,1-5,8-10H2,(H,17,21)(H,22,23). The molecular formula is C16H21N3O4. The largest absolute Gasteiger partial charge is 0.477 e. The lowest BCUT2D eigenvalue weighted by Crippen LogP contribution is -2.34. The summed E-state index contributed by atoms with van der Waals surface area (Å²) in [5, 5.41) is 11.5. The van der Waals surface area contributed by atoms with Gasteiger partial charge < -0.3 is 15.3 Å². The highest BCUT2D eigenvalue weighted by atomic mass is 16.4. The van der Waals surface area contributed by atoms with Crippen molar-refractivity contribution < 1.29 is 19.5 Å². The molecule has 124 valence electrons. The first-order valence-electron chi connectivity index (χ1n) is 7.83. The summed E-state index contributed by atoms with van der Waals surface area (Å²) in [6.07, 6.45) is 5.66. The van der Waals surface area contributed by atoms with Gasteiger partial charge in [-0.2, -0.15) is 0 Å². The summed E-state index contributed by atoms with van der Waals surface area (Å²) < 4.78 is 0. The molecule has 0 atom stereocenters. The normalized spacial score (nSPS) is 15.1. The molecule has 1 aliphatic heterocycles. The van der Waals surface area contributed by atoms with Crippen LogP contribution >= 0.6 is 0 Å². The Morgan fingerprint density at radius 2 is 2.09 bits per heavy atom. The Bertz CT molecular complexity index is 571. The van der Waals surface area contributed by atoms with Gasteiger partial charge in [-0.25, -0.2) is 9.78 Å². The average molecular weight is 319 g/mol. The molecule has 0 aromatic carbocycles. The van der Waals surface area contributed by atoms with Crippen LogP contribution in [0.1, 0.15) is 53.0 Å². The van der Waals surface area contributed by atoms with Crippen molar-refractivity contribution in [2.24, 2.45) is 0 Å². The topological polar surface area (TPSA) is 99.6 Å². The minimum atomic E-state index is -1.13. The molecule has 2 N–H and O–H groups in total. The predicted molar refractivity (Wildman–Crippen MR) is 83.2 cm³/mol. The SMILES string of the molecule is O=C(NCCCN1CCCCCC1=O)c1ccc(C(=O)O)nc1. The van der Waals surface area contributed by atoms with E-state index in [1.54, 1.807) is 0 Å². The van der Waals surface area contributed by atoms with E-state index in [1.165, 1.54) is 18.3 Å². The van der Waals surface area contributed by atoms with Crippen molar-refractivity contribution in [2.75, 3.05) is 19.6 Å². The van der Waals surface area contributed by atoms with Gasteiger partial charge in [0.2, 0.25) is 5.91 Å². The van der Waals surface area contributed by atoms with Crippen molar-refractivity contribution in [2.45, 2.75) is 32.1 Å². The van der Waals surface area contributed by atoms with Crippen LogP contribution in [0.25, 0.3) is 0 Å². The summed E-state index contributed by atoms with van der Waals surface area (Å²) in [4.78, 5) is 40.0. The second-order valence-corrected chi connectivity index (χ2v) is 5.54. The van der Waals surface area contributed by atoms with Crippen LogP contribution in [0.2, 0.25) is 0 Å². The van der Waals surface area contributed by atoms with Crippen LogP contribution in [0.4, 0.5) is 0 Å². The molecule has 0 radical (unpaired) electrons. The van der Waals surface area contributed by atoms with Crippen molar-refractivity contribution in [3.63, 3.8) is 0 Å². The predicted octanol–water partition coefficient (Wildman–Crippen LogP) is 1.30. The summed E-state index contributed by atoms with van der Waals surface area (Å²) in [6, 6.07) is 2.73. The number of rotatable bonds is 6. The lowest BCUT2D eigenvalue weighted by Gasteiger charge is -2.20. The summed E-state index contributed by atoms with van der Waals surface area (Å²) in [6.45, 7) is 1.91. The molecule has 0 aliphatic carbocycles. The van der Waals surface area contributed by atoms with E-state index in [9.17, 15) is 14.4 Å². The van der Waals surface area contributed by atoms with Crippen molar-refractivity contribution in [1.29, 1.82) is 0 Å². The van der Waals surface area contributed by atoms with E-state index in [0.29, 0.717) is 31.5 Å². The Morgan fingerprint density at radius 1 is 1.26 bits per heavy atom. The van der Waals surface area contributed by atoms with Crippen molar-refractivity contribution in [3.8, 4) is 0 Å². The molecule has 2 amide bonds. The molecule has 2 rings (SSSR count). The molecule has 0 saturated carbocycles. The van der Waals surface area contributed by atoms with Gasteiger partial charge in [0.05, 0.1) is 5.56 Å². The quantitative estimate of drug-likeness (QED) is 0.770. The number of hydrogen-bond donors (Lipinski definition) is 2.